The molecule has 0 N–H and O–H groups in total. The van der Waals surface area contributed by atoms with E-state index in [2.05, 4.69) is 21.0 Å². The Kier molecular flexibility index (Phi) is 3.69. The smallest absolute Gasteiger partial charge is 0.357 e. The van der Waals surface area contributed by atoms with Crippen molar-refractivity contribution in [3.05, 3.63) is 16.4 Å². The molecule has 0 bridgehead atoms. The second kappa shape index (κ2) is 4.59. The van der Waals surface area contributed by atoms with Crippen LogP contribution in [0.5, 0.6) is 0 Å². The number of carbonyl (C=O) groups is 1. The van der Waals surface area contributed by atoms with Crippen molar-refractivity contribution in [3.63, 3.8) is 0 Å². The summed E-state index contributed by atoms with van der Waals surface area (Å²) < 4.78 is 7.24. The fourth-order valence-corrected chi connectivity index (χ4v) is 1.56. The third-order valence-corrected chi connectivity index (χ3v) is 2.29. The lowest BCUT2D eigenvalue weighted by Gasteiger charge is -2.09. The average Bonchev–Trinajstić information content (AvgIpc) is 2.47. The largest absolute Gasteiger partial charge is 0.461 e. The van der Waals surface area contributed by atoms with Crippen LogP contribution in [0, 0.1) is 0 Å². The Balaban J connectivity index is 3.04. The van der Waals surface area contributed by atoms with Crippen molar-refractivity contribution < 1.29 is 9.53 Å². The number of esters is 1. The molecule has 4 nitrogen and oxygen atoms in total. The minimum Gasteiger partial charge on any atom is -0.461 e. The second-order valence-corrected chi connectivity index (χ2v) is 3.95. The van der Waals surface area contributed by atoms with E-state index in [0.717, 1.165) is 0 Å². The second-order valence-electron chi connectivity index (χ2n) is 3.10. The molecule has 0 unspecified atom stereocenters. The molecule has 0 fully saturated rings. The molecule has 0 aromatic carbocycles. The highest BCUT2D eigenvalue weighted by atomic mass is 79.9. The van der Waals surface area contributed by atoms with Gasteiger partial charge in [-0.25, -0.2) is 4.79 Å². The molecule has 0 aliphatic rings. The number of carbonyl (C=O) groups excluding carboxylic acids is 1. The van der Waals surface area contributed by atoms with E-state index in [-0.39, 0.29) is 12.0 Å². The zero-order valence-electron chi connectivity index (χ0n) is 8.45. The lowest BCUT2D eigenvalue weighted by Crippen LogP contribution is -2.15. The first-order valence-corrected chi connectivity index (χ1v) is 5.27. The molecule has 0 saturated carbocycles. The first kappa shape index (κ1) is 11.2. The number of nitrogens with zero attached hydrogens (tertiary/aromatic N) is 2. The fourth-order valence-electron chi connectivity index (χ4n) is 1.12. The maximum Gasteiger partial charge on any atom is 0.357 e. The number of hydrogen-bond donors (Lipinski definition) is 0. The number of ether oxygens (including phenoxy) is 1. The van der Waals surface area contributed by atoms with Crippen LogP contribution in [0.1, 0.15) is 37.3 Å². The fraction of sp³-hybridized carbons (Fsp3) is 0.556. The molecule has 0 amide bonds. The number of halogens is 1. The van der Waals surface area contributed by atoms with Crippen molar-refractivity contribution in [2.24, 2.45) is 0 Å². The molecule has 0 aliphatic heterocycles. The first-order valence-electron chi connectivity index (χ1n) is 4.48. The molecule has 0 radical (unpaired) electrons. The normalized spacial score (nSPS) is 10.6. The molecule has 14 heavy (non-hydrogen) atoms. The monoisotopic (exact) mass is 260 g/mol. The van der Waals surface area contributed by atoms with Crippen LogP contribution in [0.3, 0.4) is 0 Å². The zero-order valence-corrected chi connectivity index (χ0v) is 10.0. The van der Waals surface area contributed by atoms with Crippen LogP contribution in [-0.4, -0.2) is 22.4 Å². The maximum absolute atomic E-state index is 11.5. The molecular weight excluding hydrogens is 248 g/mol. The minimum absolute atomic E-state index is 0.140. The summed E-state index contributed by atoms with van der Waals surface area (Å²) in [6, 6.07) is 0.140. The van der Waals surface area contributed by atoms with Crippen LogP contribution in [-0.2, 0) is 4.74 Å². The van der Waals surface area contributed by atoms with Gasteiger partial charge in [0.1, 0.15) is 0 Å². The summed E-state index contributed by atoms with van der Waals surface area (Å²) >= 11 is 3.27. The molecule has 5 heteroatoms. The van der Waals surface area contributed by atoms with Gasteiger partial charge in [-0.2, -0.15) is 5.10 Å². The van der Waals surface area contributed by atoms with Gasteiger partial charge in [0.25, 0.3) is 0 Å². The number of rotatable bonds is 3. The summed E-state index contributed by atoms with van der Waals surface area (Å²) in [6.07, 6.45) is 1.60. The van der Waals surface area contributed by atoms with Gasteiger partial charge in [-0.15, -0.1) is 0 Å². The predicted molar refractivity (Wildman–Crippen MR) is 56.3 cm³/mol. The lowest BCUT2D eigenvalue weighted by atomic mass is 10.3. The number of hydrogen-bond acceptors (Lipinski definition) is 3. The Hall–Kier alpha value is -0.840. The van der Waals surface area contributed by atoms with E-state index in [9.17, 15) is 4.79 Å². The van der Waals surface area contributed by atoms with Gasteiger partial charge in [0, 0.05) is 6.04 Å². The molecular formula is C9H13BrN2O2. The molecule has 1 heterocycles. The summed E-state index contributed by atoms with van der Waals surface area (Å²) in [5, 5.41) is 4.09. The molecule has 78 valence electrons. The van der Waals surface area contributed by atoms with Crippen molar-refractivity contribution in [3.8, 4) is 0 Å². The molecule has 1 rings (SSSR count). The molecule has 1 aromatic heterocycles. The van der Waals surface area contributed by atoms with Gasteiger partial charge in [0.15, 0.2) is 5.69 Å². The summed E-state index contributed by atoms with van der Waals surface area (Å²) in [5.74, 6) is -0.342. The summed E-state index contributed by atoms with van der Waals surface area (Å²) in [7, 11) is 0. The Morgan fingerprint density at radius 3 is 2.86 bits per heavy atom. The van der Waals surface area contributed by atoms with Crippen LogP contribution in [0.4, 0.5) is 0 Å². The van der Waals surface area contributed by atoms with E-state index < -0.39 is 0 Å². The van der Waals surface area contributed by atoms with Crippen LogP contribution >= 0.6 is 15.9 Å². The van der Waals surface area contributed by atoms with Crippen LogP contribution < -0.4 is 0 Å². The van der Waals surface area contributed by atoms with E-state index >= 15 is 0 Å². The number of aromatic nitrogens is 2. The van der Waals surface area contributed by atoms with Gasteiger partial charge in [0.05, 0.1) is 17.3 Å². The van der Waals surface area contributed by atoms with Gasteiger partial charge in [0.2, 0.25) is 0 Å². The SMILES string of the molecule is CCOC(=O)c1c(Br)cnn1C(C)C. The first-order chi connectivity index (χ1) is 6.57. The Morgan fingerprint density at radius 1 is 1.71 bits per heavy atom. The lowest BCUT2D eigenvalue weighted by molar-refractivity contribution is 0.0508. The Morgan fingerprint density at radius 2 is 2.36 bits per heavy atom. The molecule has 0 aliphatic carbocycles. The highest BCUT2D eigenvalue weighted by Gasteiger charge is 2.19. The molecule has 0 atom stereocenters. The van der Waals surface area contributed by atoms with Gasteiger partial charge in [-0.3, -0.25) is 4.68 Å². The van der Waals surface area contributed by atoms with E-state index in [4.69, 9.17) is 4.74 Å². The Labute approximate surface area is 91.4 Å². The van der Waals surface area contributed by atoms with Crippen molar-refractivity contribution >= 4 is 21.9 Å². The third-order valence-electron chi connectivity index (χ3n) is 1.71. The molecule has 1 aromatic rings. The summed E-state index contributed by atoms with van der Waals surface area (Å²) in [4.78, 5) is 11.5. The Bertz CT molecular complexity index is 334. The van der Waals surface area contributed by atoms with Crippen molar-refractivity contribution in [2.45, 2.75) is 26.8 Å². The van der Waals surface area contributed by atoms with Gasteiger partial charge >= 0.3 is 5.97 Å². The van der Waals surface area contributed by atoms with Crippen LogP contribution in [0.2, 0.25) is 0 Å². The summed E-state index contributed by atoms with van der Waals surface area (Å²) in [5.41, 5.74) is 0.474. The molecule has 0 saturated heterocycles. The third kappa shape index (κ3) is 2.15. The summed E-state index contributed by atoms with van der Waals surface area (Å²) in [6.45, 7) is 6.07. The highest BCUT2D eigenvalue weighted by molar-refractivity contribution is 9.10. The predicted octanol–water partition coefficient (Wildman–Crippen LogP) is 2.40. The van der Waals surface area contributed by atoms with E-state index in [1.165, 1.54) is 0 Å². The van der Waals surface area contributed by atoms with E-state index in [1.807, 2.05) is 13.8 Å². The van der Waals surface area contributed by atoms with Gasteiger partial charge in [-0.1, -0.05) is 0 Å². The topological polar surface area (TPSA) is 44.1 Å². The standard InChI is InChI=1S/C9H13BrN2O2/c1-4-14-9(13)8-7(10)5-11-12(8)6(2)3/h5-6H,4H2,1-3H3. The van der Waals surface area contributed by atoms with Crippen molar-refractivity contribution in [1.82, 2.24) is 9.78 Å². The van der Waals surface area contributed by atoms with E-state index in [0.29, 0.717) is 16.8 Å². The van der Waals surface area contributed by atoms with Crippen LogP contribution in [0.25, 0.3) is 0 Å². The van der Waals surface area contributed by atoms with E-state index in [1.54, 1.807) is 17.8 Å². The maximum atomic E-state index is 11.5. The molecule has 0 spiro atoms. The van der Waals surface area contributed by atoms with Crippen molar-refractivity contribution in [2.75, 3.05) is 6.61 Å². The van der Waals surface area contributed by atoms with Gasteiger partial charge in [-0.05, 0) is 36.7 Å². The van der Waals surface area contributed by atoms with Gasteiger partial charge < -0.3 is 4.74 Å². The van der Waals surface area contributed by atoms with Crippen molar-refractivity contribution in [1.29, 1.82) is 0 Å². The van der Waals surface area contributed by atoms with Crippen LogP contribution in [0.15, 0.2) is 10.7 Å². The quantitative estimate of drug-likeness (QED) is 0.785. The zero-order chi connectivity index (χ0) is 10.7. The average molecular weight is 261 g/mol. The highest BCUT2D eigenvalue weighted by Crippen LogP contribution is 2.20. The minimum atomic E-state index is -0.342.